The van der Waals surface area contributed by atoms with Gasteiger partial charge in [-0.05, 0) is 56.1 Å². The monoisotopic (exact) mass is 434 g/mol. The van der Waals surface area contributed by atoms with Gasteiger partial charge in [-0.1, -0.05) is 0 Å². The molecule has 0 aromatic heterocycles. The largest absolute Gasteiger partial charge is 0.352 e. The van der Waals surface area contributed by atoms with Crippen LogP contribution in [-0.2, 0) is 14.3 Å². The van der Waals surface area contributed by atoms with Crippen molar-refractivity contribution >= 4 is 55.4 Å². The second kappa shape index (κ2) is 7.34. The van der Waals surface area contributed by atoms with E-state index in [-0.39, 0.29) is 25.0 Å². The van der Waals surface area contributed by atoms with Crippen molar-refractivity contribution in [2.45, 2.75) is 13.2 Å². The highest BCUT2D eigenvalue weighted by molar-refractivity contribution is 9.28. The van der Waals surface area contributed by atoms with E-state index in [1.165, 1.54) is 17.9 Å². The van der Waals surface area contributed by atoms with Crippen molar-refractivity contribution in [3.63, 3.8) is 0 Å². The van der Waals surface area contributed by atoms with Gasteiger partial charge in [-0.2, -0.15) is 0 Å². The summed E-state index contributed by atoms with van der Waals surface area (Å²) in [4.78, 5) is 24.3. The highest BCUT2D eigenvalue weighted by Crippen LogP contribution is 2.27. The Morgan fingerprint density at radius 3 is 2.86 bits per heavy atom. The van der Waals surface area contributed by atoms with Gasteiger partial charge < -0.3 is 10.1 Å². The van der Waals surface area contributed by atoms with Crippen LogP contribution in [-0.4, -0.2) is 31.2 Å². The molecule has 1 aliphatic rings. The fraction of sp³-hybridized carbons (Fsp3) is 0.286. The lowest BCUT2D eigenvalue weighted by Crippen LogP contribution is -2.42. The first-order valence-corrected chi connectivity index (χ1v) is 7.97. The van der Waals surface area contributed by atoms with Gasteiger partial charge in [-0.3, -0.25) is 14.5 Å². The maximum absolute atomic E-state index is 14.1. The number of carbonyl (C=O) groups excluding carboxylic acids is 2. The Bertz CT molecular complexity index is 633. The fourth-order valence-electron chi connectivity index (χ4n) is 2.06. The molecular weight excluding hydrogens is 423 g/mol. The van der Waals surface area contributed by atoms with E-state index in [2.05, 4.69) is 37.2 Å². The quantitative estimate of drug-likeness (QED) is 0.791. The number of hydrogen-bond acceptors (Lipinski definition) is 3. The van der Waals surface area contributed by atoms with Crippen LogP contribution in [0.4, 0.5) is 10.1 Å². The first-order chi connectivity index (χ1) is 10.4. The summed E-state index contributed by atoms with van der Waals surface area (Å²) in [6.45, 7) is 1.43. The normalized spacial score (nSPS) is 17.5. The second-order valence-corrected chi connectivity index (χ2v) is 7.38. The van der Waals surface area contributed by atoms with Crippen LogP contribution in [0, 0.1) is 5.82 Å². The molecule has 22 heavy (non-hydrogen) atoms. The minimum absolute atomic E-state index is 0.0968. The molecule has 5 nitrogen and oxygen atoms in total. The van der Waals surface area contributed by atoms with Gasteiger partial charge in [-0.15, -0.1) is 0 Å². The van der Waals surface area contributed by atoms with Crippen LogP contribution in [0.1, 0.15) is 12.5 Å². The van der Waals surface area contributed by atoms with E-state index >= 15 is 0 Å². The predicted octanol–water partition coefficient (Wildman–Crippen LogP) is 2.74. The second-order valence-electron chi connectivity index (χ2n) is 4.61. The molecule has 1 unspecified atom stereocenters. The Morgan fingerprint density at radius 2 is 2.27 bits per heavy atom. The number of benzene rings is 1. The van der Waals surface area contributed by atoms with E-state index in [9.17, 15) is 14.0 Å². The zero-order valence-corrected chi connectivity index (χ0v) is 14.8. The van der Waals surface area contributed by atoms with Gasteiger partial charge in [0.1, 0.15) is 12.4 Å². The van der Waals surface area contributed by atoms with Crippen molar-refractivity contribution < 1.29 is 18.7 Å². The van der Waals surface area contributed by atoms with Crippen LogP contribution >= 0.6 is 31.9 Å². The average Bonchev–Trinajstić information content (AvgIpc) is 2.79. The van der Waals surface area contributed by atoms with Crippen LogP contribution in [0.5, 0.6) is 0 Å². The van der Waals surface area contributed by atoms with Crippen molar-refractivity contribution in [1.82, 2.24) is 5.32 Å². The zero-order valence-electron chi connectivity index (χ0n) is 11.6. The third-order valence-corrected chi connectivity index (χ3v) is 3.47. The Kier molecular flexibility index (Phi) is 5.71. The van der Waals surface area contributed by atoms with Crippen LogP contribution in [0.15, 0.2) is 21.6 Å². The third-order valence-electron chi connectivity index (χ3n) is 3.01. The van der Waals surface area contributed by atoms with Crippen LogP contribution < -0.4 is 10.2 Å². The third kappa shape index (κ3) is 4.15. The molecule has 0 spiro atoms. The van der Waals surface area contributed by atoms with E-state index in [1.54, 1.807) is 18.2 Å². The van der Waals surface area contributed by atoms with E-state index in [0.29, 0.717) is 14.6 Å². The Morgan fingerprint density at radius 1 is 1.55 bits per heavy atom. The van der Waals surface area contributed by atoms with Crippen molar-refractivity contribution in [2.24, 2.45) is 0 Å². The van der Waals surface area contributed by atoms with Crippen molar-refractivity contribution in [3.8, 4) is 0 Å². The number of amides is 2. The van der Waals surface area contributed by atoms with Gasteiger partial charge in [0.2, 0.25) is 5.91 Å². The lowest BCUT2D eigenvalue weighted by Gasteiger charge is -2.23. The molecule has 0 saturated carbocycles. The number of ether oxygens (including phenoxy) is 1. The number of carbonyl (C=O) groups is 2. The van der Waals surface area contributed by atoms with Crippen molar-refractivity contribution in [3.05, 3.63) is 33.0 Å². The average molecular weight is 436 g/mol. The summed E-state index contributed by atoms with van der Waals surface area (Å²) in [5, 5.41) is 2.59. The Balaban J connectivity index is 2.24. The van der Waals surface area contributed by atoms with E-state index < -0.39 is 12.0 Å². The van der Waals surface area contributed by atoms with E-state index in [4.69, 9.17) is 4.74 Å². The molecule has 0 aliphatic carbocycles. The molecule has 1 atom stereocenters. The topological polar surface area (TPSA) is 58.6 Å². The number of halogens is 3. The highest BCUT2D eigenvalue weighted by atomic mass is 79.9. The summed E-state index contributed by atoms with van der Waals surface area (Å²) in [6, 6.07) is 4.46. The molecule has 1 aromatic carbocycles. The minimum Gasteiger partial charge on any atom is -0.352 e. The molecule has 0 bridgehead atoms. The van der Waals surface area contributed by atoms with Gasteiger partial charge in [-0.25, -0.2) is 4.39 Å². The highest BCUT2D eigenvalue weighted by Gasteiger charge is 2.33. The maximum atomic E-state index is 14.1. The molecule has 1 fully saturated rings. The standard InChI is InChI=1S/C14H13Br2FN2O3/c1-8(20)18-6-14-19(13(21)7-22-14)10-3-2-9(4-12(15)16)11(17)5-10/h2-5,14H,6-7H2,1H3,(H,18,20). The molecule has 8 heteroatoms. The molecule has 1 heterocycles. The summed E-state index contributed by atoms with van der Waals surface area (Å²) in [6.07, 6.45) is 0.927. The molecule has 0 radical (unpaired) electrons. The lowest BCUT2D eigenvalue weighted by atomic mass is 10.1. The Hall–Kier alpha value is -1.25. The number of hydrogen-bond donors (Lipinski definition) is 1. The first kappa shape index (κ1) is 17.1. The van der Waals surface area contributed by atoms with Gasteiger partial charge in [0.25, 0.3) is 5.91 Å². The van der Waals surface area contributed by atoms with Gasteiger partial charge in [0, 0.05) is 18.2 Å². The first-order valence-electron chi connectivity index (χ1n) is 6.39. The lowest BCUT2D eigenvalue weighted by molar-refractivity contribution is -0.119. The van der Waals surface area contributed by atoms with Gasteiger partial charge in [0.15, 0.2) is 6.23 Å². The van der Waals surface area contributed by atoms with Crippen LogP contribution in [0.25, 0.3) is 6.08 Å². The van der Waals surface area contributed by atoms with Gasteiger partial charge in [0.05, 0.1) is 9.94 Å². The number of anilines is 1. The Labute approximate surface area is 143 Å². The SMILES string of the molecule is CC(=O)NCC1OCC(=O)N1c1ccc(C=C(Br)Br)c(F)c1. The number of nitrogens with zero attached hydrogens (tertiary/aromatic N) is 1. The summed E-state index contributed by atoms with van der Waals surface area (Å²) >= 11 is 6.34. The predicted molar refractivity (Wildman–Crippen MR) is 88.1 cm³/mol. The number of rotatable bonds is 4. The summed E-state index contributed by atoms with van der Waals surface area (Å²) in [5.41, 5.74) is 0.761. The smallest absolute Gasteiger partial charge is 0.255 e. The summed E-state index contributed by atoms with van der Waals surface area (Å²) in [5.74, 6) is -0.969. The maximum Gasteiger partial charge on any atom is 0.255 e. The molecule has 118 valence electrons. The van der Waals surface area contributed by atoms with Crippen molar-refractivity contribution in [2.75, 3.05) is 18.1 Å². The molecule has 1 aliphatic heterocycles. The summed E-state index contributed by atoms with van der Waals surface area (Å²) in [7, 11) is 0. The van der Waals surface area contributed by atoms with Crippen LogP contribution in [0.3, 0.4) is 0 Å². The minimum atomic E-state index is -0.639. The zero-order chi connectivity index (χ0) is 16.3. The fourth-order valence-corrected chi connectivity index (χ4v) is 2.56. The summed E-state index contributed by atoms with van der Waals surface area (Å²) < 4.78 is 20.0. The van der Waals surface area contributed by atoms with Crippen LogP contribution in [0.2, 0.25) is 0 Å². The van der Waals surface area contributed by atoms with Crippen molar-refractivity contribution in [1.29, 1.82) is 0 Å². The van der Waals surface area contributed by atoms with Gasteiger partial charge >= 0.3 is 0 Å². The molecule has 1 aromatic rings. The molecule has 2 amide bonds. The van der Waals surface area contributed by atoms with E-state index in [1.807, 2.05) is 0 Å². The molecule has 2 rings (SSSR count). The molecule has 1 N–H and O–H groups in total. The molecule has 1 saturated heterocycles. The van der Waals surface area contributed by atoms with E-state index in [0.717, 1.165) is 0 Å². The molecular formula is C14H13Br2FN2O3. The number of nitrogens with one attached hydrogen (secondary N) is 1.